The van der Waals surface area contributed by atoms with Gasteiger partial charge in [-0.05, 0) is 16.4 Å². The largest absolute Gasteiger partial charge is 0.184 e. The van der Waals surface area contributed by atoms with Gasteiger partial charge < -0.3 is 0 Å². The Morgan fingerprint density at radius 1 is 0.472 bits per heavy atom. The average molecular weight is 829 g/mol. The standard InChI is InChI=1S/C21H25.C16H13.2C6H5.2ClH.Si.Zr/c1-20(2,3)16-7-9-18-14(12-16)11-15-13-17(21(4,5)6)8-10-19(15)18;1-12-10-14-8-5-9-15(16(14)11-12)13-6-3-2-4-7-13;2*1-2-4-6-5-3-1;;;;/h7-13H,1-6H3;2-11H,1H3;2*1-5H;2*1H;;/q4*-1;;;;. The van der Waals surface area contributed by atoms with Gasteiger partial charge in [0.05, 0.1) is 0 Å². The molecular weight excluding hydrogens is 779 g/mol. The van der Waals surface area contributed by atoms with Gasteiger partial charge in [0.1, 0.15) is 0 Å². The van der Waals surface area contributed by atoms with Crippen molar-refractivity contribution in [1.29, 1.82) is 0 Å². The molecule has 2 radical (unpaired) electrons. The number of aryl methyl sites for hydroxylation is 1. The maximum absolute atomic E-state index is 3.06. The van der Waals surface area contributed by atoms with Gasteiger partial charge in [0.15, 0.2) is 0 Å². The van der Waals surface area contributed by atoms with Crippen molar-refractivity contribution < 1.29 is 23.3 Å². The second kappa shape index (κ2) is 22.0. The van der Waals surface area contributed by atoms with Gasteiger partial charge in [-0.1, -0.05) is 126 Å². The summed E-state index contributed by atoms with van der Waals surface area (Å²) in [5.74, 6) is 0. The second-order valence-electron chi connectivity index (χ2n) is 14.6. The van der Waals surface area contributed by atoms with Crippen LogP contribution in [-0.2, 0) is 34.2 Å². The number of halogens is 2. The number of benzene rings is 6. The van der Waals surface area contributed by atoms with Crippen LogP contribution in [0, 0.1) is 19.1 Å². The summed E-state index contributed by atoms with van der Waals surface area (Å²) in [6.07, 6.45) is 0. The fraction of sp³-hybridized carbons (Fsp3) is 0.184. The molecule has 0 nitrogen and oxygen atoms in total. The molecule has 0 unspecified atom stereocenters. The van der Waals surface area contributed by atoms with Crippen LogP contribution in [0.3, 0.4) is 0 Å². The van der Waals surface area contributed by atoms with Crippen LogP contribution >= 0.6 is 24.8 Å². The van der Waals surface area contributed by atoms with E-state index < -0.39 is 0 Å². The molecule has 0 fully saturated rings. The zero-order valence-corrected chi connectivity index (χ0v) is 37.0. The Hall–Kier alpha value is -3.52. The Labute approximate surface area is 347 Å². The van der Waals surface area contributed by atoms with Crippen LogP contribution in [0.15, 0.2) is 164 Å². The van der Waals surface area contributed by atoms with E-state index in [1.54, 1.807) is 0 Å². The molecule has 53 heavy (non-hydrogen) atoms. The first kappa shape index (κ1) is 45.6. The Morgan fingerprint density at radius 2 is 0.925 bits per heavy atom. The molecule has 0 aliphatic rings. The second-order valence-corrected chi connectivity index (χ2v) is 14.6. The summed E-state index contributed by atoms with van der Waals surface area (Å²) in [5, 5.41) is 8.16. The van der Waals surface area contributed by atoms with Crippen molar-refractivity contribution in [3.8, 4) is 11.1 Å². The van der Waals surface area contributed by atoms with Crippen molar-refractivity contribution in [1.82, 2.24) is 0 Å². The Bertz CT molecular complexity index is 2050. The molecule has 0 aromatic heterocycles. The van der Waals surface area contributed by atoms with E-state index in [9.17, 15) is 0 Å². The molecule has 0 spiro atoms. The van der Waals surface area contributed by atoms with Crippen LogP contribution in [-0.4, -0.2) is 6.88 Å². The van der Waals surface area contributed by atoms with Gasteiger partial charge in [0.2, 0.25) is 0 Å². The van der Waals surface area contributed by atoms with Crippen molar-refractivity contribution in [2.45, 2.75) is 59.3 Å². The van der Waals surface area contributed by atoms with Crippen LogP contribution in [0.1, 0.15) is 58.2 Å². The Balaban J connectivity index is 0.000000266. The molecule has 0 bridgehead atoms. The minimum Gasteiger partial charge on any atom is -0.184 e. The molecule has 4 heteroatoms. The third-order valence-electron chi connectivity index (χ3n) is 8.63. The molecule has 8 aromatic carbocycles. The number of hydrogen-bond acceptors (Lipinski definition) is 0. The van der Waals surface area contributed by atoms with E-state index >= 15 is 0 Å². The molecule has 0 heterocycles. The minimum atomic E-state index is 0. The Kier molecular flexibility index (Phi) is 18.9. The first-order chi connectivity index (χ1) is 24.5. The van der Waals surface area contributed by atoms with Crippen LogP contribution in [0.4, 0.5) is 0 Å². The normalized spacial score (nSPS) is 10.4. The summed E-state index contributed by atoms with van der Waals surface area (Å²) >= 11 is 1.36. The van der Waals surface area contributed by atoms with Gasteiger partial charge in [-0.15, -0.1) is 99.1 Å². The molecule has 0 saturated carbocycles. The maximum Gasteiger partial charge on any atom is -0.171 e. The van der Waals surface area contributed by atoms with Gasteiger partial charge in [-0.3, -0.25) is 0 Å². The molecule has 8 rings (SSSR count). The summed E-state index contributed by atoms with van der Waals surface area (Å²) in [6.45, 7) is 18.8. The molecule has 0 aliphatic carbocycles. The van der Waals surface area contributed by atoms with Crippen molar-refractivity contribution >= 4 is 64.0 Å². The van der Waals surface area contributed by atoms with E-state index in [0.29, 0.717) is 0 Å². The molecule has 8 aromatic rings. The quantitative estimate of drug-likeness (QED) is 0.114. The fourth-order valence-corrected chi connectivity index (χ4v) is 5.89. The van der Waals surface area contributed by atoms with Crippen LogP contribution in [0.5, 0.6) is 0 Å². The van der Waals surface area contributed by atoms with Crippen LogP contribution in [0.25, 0.3) is 43.4 Å². The third-order valence-corrected chi connectivity index (χ3v) is 8.63. The molecular formula is C49H50Cl2SiZr-4. The van der Waals surface area contributed by atoms with Gasteiger partial charge in [-0.2, -0.15) is 78.9 Å². The van der Waals surface area contributed by atoms with Crippen molar-refractivity contribution in [2.24, 2.45) is 0 Å². The summed E-state index contributed by atoms with van der Waals surface area (Å²) in [4.78, 5) is 0. The average Bonchev–Trinajstić information content (AvgIpc) is 3.73. The zero-order valence-electron chi connectivity index (χ0n) is 31.9. The summed E-state index contributed by atoms with van der Waals surface area (Å²) in [6, 6.07) is 62.7. The summed E-state index contributed by atoms with van der Waals surface area (Å²) < 4.78 is 0. The first-order valence-electron chi connectivity index (χ1n) is 17.4. The molecule has 0 N–H and O–H groups in total. The first-order valence-corrected chi connectivity index (χ1v) is 21.6. The monoisotopic (exact) mass is 826 g/mol. The third kappa shape index (κ3) is 13.4. The molecule has 0 amide bonds. The van der Waals surface area contributed by atoms with Gasteiger partial charge in [0.25, 0.3) is 0 Å². The van der Waals surface area contributed by atoms with Gasteiger partial charge in [-0.25, -0.2) is 0 Å². The Morgan fingerprint density at radius 3 is 1.32 bits per heavy atom. The topological polar surface area (TPSA) is 0 Å². The number of hydrogen-bond donors (Lipinski definition) is 0. The minimum absolute atomic E-state index is 0. The zero-order chi connectivity index (χ0) is 36.9. The number of rotatable bonds is 1. The van der Waals surface area contributed by atoms with E-state index in [4.69, 9.17) is 0 Å². The smallest absolute Gasteiger partial charge is 0.171 e. The van der Waals surface area contributed by atoms with E-state index in [-0.39, 0.29) is 35.6 Å². The van der Waals surface area contributed by atoms with Gasteiger partial charge in [0, 0.05) is 0 Å². The van der Waals surface area contributed by atoms with Gasteiger partial charge >= 0.3 is 30.2 Å². The predicted octanol–water partition coefficient (Wildman–Crippen LogP) is 14.3. The van der Waals surface area contributed by atoms with Crippen LogP contribution in [0.2, 0.25) is 0 Å². The van der Waals surface area contributed by atoms with E-state index in [1.165, 1.54) is 83.5 Å². The van der Waals surface area contributed by atoms with Crippen molar-refractivity contribution in [3.05, 3.63) is 193 Å². The summed E-state index contributed by atoms with van der Waals surface area (Å²) in [7, 11) is 0. The molecule has 0 aliphatic heterocycles. The molecule has 0 saturated heterocycles. The molecule has 0 atom stereocenters. The predicted molar refractivity (Wildman–Crippen MR) is 235 cm³/mol. The fourth-order valence-electron chi connectivity index (χ4n) is 5.89. The van der Waals surface area contributed by atoms with E-state index in [2.05, 4.69) is 171 Å². The van der Waals surface area contributed by atoms with E-state index in [1.807, 2.05) is 60.7 Å². The SMILES string of the molecule is CC(C)(C)c1ccc2c(c1)[cH-]c1cc(C(C)(C)C)ccc12.Cc1cc2c(-c3ccccc3)cccc2[cH-]1.Cl.Cl.[Si]=[Zr].[c-]1ccccc1.[c-]1ccccc1. The van der Waals surface area contributed by atoms with Crippen molar-refractivity contribution in [2.75, 3.05) is 0 Å². The molecule has 272 valence electrons. The number of fused-ring (bicyclic) bond motifs is 4. The summed E-state index contributed by atoms with van der Waals surface area (Å²) in [5.41, 5.74) is 7.16. The van der Waals surface area contributed by atoms with E-state index in [0.717, 1.165) is 0 Å². The van der Waals surface area contributed by atoms with Crippen molar-refractivity contribution in [3.63, 3.8) is 0 Å². The maximum atomic E-state index is 3.06. The van der Waals surface area contributed by atoms with Crippen LogP contribution < -0.4 is 0 Å².